The van der Waals surface area contributed by atoms with Crippen LogP contribution in [0.3, 0.4) is 0 Å². The van der Waals surface area contributed by atoms with Crippen LogP contribution in [0.15, 0.2) is 0 Å². The Hall–Kier alpha value is 0.236. The molecule has 0 saturated heterocycles. The third-order valence-corrected chi connectivity index (χ3v) is 2.29. The van der Waals surface area contributed by atoms with Gasteiger partial charge in [-0.15, -0.1) is 0 Å². The molecule has 0 bridgehead atoms. The van der Waals surface area contributed by atoms with E-state index in [2.05, 4.69) is 13.0 Å². The standard InChI is InChI=1S/BH9O12Si3/c2-14(3,4)11-1(12-15(5,6)7)13-16(8,9)10/h2-10H. The zero-order valence-corrected chi connectivity index (χ0v) is 10.3. The Balaban J connectivity index is 4.53. The van der Waals surface area contributed by atoms with Crippen molar-refractivity contribution in [2.45, 2.75) is 0 Å². The molecule has 0 aromatic rings. The highest BCUT2D eigenvalue weighted by molar-refractivity contribution is 6.69. The maximum Gasteiger partial charge on any atom is 0.659 e. The molecule has 0 amide bonds. The quantitative estimate of drug-likeness (QED) is 0.209. The van der Waals surface area contributed by atoms with E-state index >= 15 is 0 Å². The molecule has 0 fully saturated rings. The van der Waals surface area contributed by atoms with Crippen LogP contribution < -0.4 is 0 Å². The number of rotatable bonds is 6. The van der Waals surface area contributed by atoms with Crippen molar-refractivity contribution in [2.24, 2.45) is 0 Å². The van der Waals surface area contributed by atoms with E-state index in [1.165, 1.54) is 0 Å². The molecular weight excluding hydrogens is 287 g/mol. The summed E-state index contributed by atoms with van der Waals surface area (Å²) >= 11 is 0. The minimum absolute atomic E-state index is 2.70. The van der Waals surface area contributed by atoms with Crippen molar-refractivity contribution in [3.8, 4) is 0 Å². The molecule has 0 aromatic heterocycles. The van der Waals surface area contributed by atoms with Gasteiger partial charge in [0.25, 0.3) is 0 Å². The molecule has 16 heteroatoms. The highest BCUT2D eigenvalue weighted by Gasteiger charge is 2.51. The monoisotopic (exact) mass is 296 g/mol. The van der Waals surface area contributed by atoms with Crippen LogP contribution in [0, 0.1) is 0 Å². The van der Waals surface area contributed by atoms with Gasteiger partial charge in [-0.2, -0.15) is 0 Å². The summed E-state index contributed by atoms with van der Waals surface area (Å²) in [7, 11) is -18.6. The van der Waals surface area contributed by atoms with Crippen molar-refractivity contribution < 1.29 is 56.2 Å². The third kappa shape index (κ3) is 10.7. The van der Waals surface area contributed by atoms with E-state index in [4.69, 9.17) is 43.2 Å². The van der Waals surface area contributed by atoms with Gasteiger partial charge in [-0.3, -0.25) is 0 Å². The van der Waals surface area contributed by atoms with Gasteiger partial charge in [0.2, 0.25) is 0 Å². The van der Waals surface area contributed by atoms with Crippen LogP contribution in [0.5, 0.6) is 0 Å². The summed E-state index contributed by atoms with van der Waals surface area (Å²) in [6, 6.07) is 0. The molecule has 0 aliphatic carbocycles. The molecule has 12 nitrogen and oxygen atoms in total. The van der Waals surface area contributed by atoms with Crippen molar-refractivity contribution in [2.75, 3.05) is 0 Å². The highest BCUT2D eigenvalue weighted by atomic mass is 28.4. The first-order valence-electron chi connectivity index (χ1n) is 3.33. The first-order chi connectivity index (χ1) is 6.79. The molecule has 0 saturated carbocycles. The molecular formula is H9BO12Si3. The Morgan fingerprint density at radius 2 is 0.688 bits per heavy atom. The van der Waals surface area contributed by atoms with Gasteiger partial charge < -0.3 is 56.2 Å². The van der Waals surface area contributed by atoms with Crippen molar-refractivity contribution >= 4 is 34.5 Å². The average Bonchev–Trinajstić information content (AvgIpc) is 1.70. The maximum absolute atomic E-state index is 8.39. The molecule has 0 aliphatic heterocycles. The second-order valence-corrected chi connectivity index (χ2v) is 6.51. The van der Waals surface area contributed by atoms with Gasteiger partial charge in [0.15, 0.2) is 0 Å². The van der Waals surface area contributed by atoms with Crippen LogP contribution in [0.2, 0.25) is 0 Å². The largest absolute Gasteiger partial charge is 0.659 e. The molecule has 96 valence electrons. The fraction of sp³-hybridized carbons (Fsp3) is 0. The summed E-state index contributed by atoms with van der Waals surface area (Å²) in [5, 5.41) is 0. The topological polar surface area (TPSA) is 210 Å². The molecule has 9 N–H and O–H groups in total. The molecule has 0 heterocycles. The van der Waals surface area contributed by atoms with E-state index in [1.807, 2.05) is 0 Å². The lowest BCUT2D eigenvalue weighted by molar-refractivity contribution is 0.0427. The first-order valence-corrected chi connectivity index (χ1v) is 8.58. The fourth-order valence-corrected chi connectivity index (χ4v) is 1.81. The molecule has 0 rings (SSSR count). The Bertz CT molecular complexity index is 170. The Kier molecular flexibility index (Phi) is 5.33. The molecule has 0 unspecified atom stereocenters. The zero-order chi connectivity index (χ0) is 13.2. The second-order valence-electron chi connectivity index (χ2n) is 2.36. The van der Waals surface area contributed by atoms with Crippen LogP contribution in [-0.2, 0) is 13.0 Å². The van der Waals surface area contributed by atoms with Gasteiger partial charge in [0.05, 0.1) is 0 Å². The first kappa shape index (κ1) is 16.2. The summed E-state index contributed by atoms with van der Waals surface area (Å²) < 4.78 is 11.0. The van der Waals surface area contributed by atoms with E-state index in [0.717, 1.165) is 0 Å². The van der Waals surface area contributed by atoms with E-state index in [0.29, 0.717) is 0 Å². The lowest BCUT2D eigenvalue weighted by Gasteiger charge is -2.21. The van der Waals surface area contributed by atoms with Crippen LogP contribution in [-0.4, -0.2) is 77.6 Å². The van der Waals surface area contributed by atoms with Gasteiger partial charge >= 0.3 is 34.5 Å². The predicted octanol–water partition coefficient (Wildman–Crippen LogP) is -6.74. The Labute approximate surface area is 91.4 Å². The summed E-state index contributed by atoms with van der Waals surface area (Å²) in [5.41, 5.74) is 0. The average molecular weight is 296 g/mol. The number of hydrogen-bond donors (Lipinski definition) is 9. The summed E-state index contributed by atoms with van der Waals surface area (Å²) in [4.78, 5) is 75.5. The minimum atomic E-state index is -5.29. The van der Waals surface area contributed by atoms with Gasteiger partial charge in [-0.25, -0.2) is 0 Å². The van der Waals surface area contributed by atoms with Crippen LogP contribution in [0.1, 0.15) is 0 Å². The molecule has 16 heavy (non-hydrogen) atoms. The molecule has 0 atom stereocenters. The van der Waals surface area contributed by atoms with E-state index < -0.39 is 34.5 Å². The molecule has 0 aliphatic rings. The SMILES string of the molecule is O[Si](O)(O)OB(O[Si](O)(O)O)O[Si](O)(O)O. The summed E-state index contributed by atoms with van der Waals surface area (Å²) in [6.07, 6.45) is 0. The normalized spacial score (nSPS) is 14.1. The molecule has 0 aromatic carbocycles. The van der Waals surface area contributed by atoms with E-state index in [-0.39, 0.29) is 0 Å². The Morgan fingerprint density at radius 3 is 0.812 bits per heavy atom. The minimum Gasteiger partial charge on any atom is -0.368 e. The Morgan fingerprint density at radius 1 is 0.500 bits per heavy atom. The van der Waals surface area contributed by atoms with Gasteiger partial charge in [0, 0.05) is 0 Å². The summed E-state index contributed by atoms with van der Waals surface area (Å²) in [6.45, 7) is 0. The molecule has 0 spiro atoms. The van der Waals surface area contributed by atoms with Crippen LogP contribution >= 0.6 is 0 Å². The van der Waals surface area contributed by atoms with Gasteiger partial charge in [-0.1, -0.05) is 0 Å². The number of hydrogen-bond acceptors (Lipinski definition) is 12. The van der Waals surface area contributed by atoms with Crippen LogP contribution in [0.25, 0.3) is 0 Å². The lowest BCUT2D eigenvalue weighted by atomic mass is 10.3. The van der Waals surface area contributed by atoms with Crippen molar-refractivity contribution in [1.29, 1.82) is 0 Å². The summed E-state index contributed by atoms with van der Waals surface area (Å²) in [5.74, 6) is 0. The second kappa shape index (κ2) is 5.26. The molecule has 0 radical (unpaired) electrons. The van der Waals surface area contributed by atoms with Crippen molar-refractivity contribution in [3.05, 3.63) is 0 Å². The van der Waals surface area contributed by atoms with Crippen molar-refractivity contribution in [3.63, 3.8) is 0 Å². The third-order valence-electron chi connectivity index (χ3n) is 0.763. The van der Waals surface area contributed by atoms with E-state index in [1.54, 1.807) is 0 Å². The van der Waals surface area contributed by atoms with E-state index in [9.17, 15) is 0 Å². The fourth-order valence-electron chi connectivity index (χ4n) is 0.459. The van der Waals surface area contributed by atoms with Gasteiger partial charge in [0.1, 0.15) is 0 Å². The van der Waals surface area contributed by atoms with Gasteiger partial charge in [-0.05, 0) is 0 Å². The smallest absolute Gasteiger partial charge is 0.368 e. The highest BCUT2D eigenvalue weighted by Crippen LogP contribution is 2.05. The maximum atomic E-state index is 8.39. The zero-order valence-electron chi connectivity index (χ0n) is 7.33. The van der Waals surface area contributed by atoms with Crippen LogP contribution in [0.4, 0.5) is 0 Å². The lowest BCUT2D eigenvalue weighted by Crippen LogP contribution is -2.57. The predicted molar refractivity (Wildman–Crippen MR) is 46.2 cm³/mol. The van der Waals surface area contributed by atoms with Crippen molar-refractivity contribution in [1.82, 2.24) is 0 Å².